The summed E-state index contributed by atoms with van der Waals surface area (Å²) in [6.45, 7) is 0. The van der Waals surface area contributed by atoms with Crippen molar-refractivity contribution in [2.45, 2.75) is 5.88 Å². The average Bonchev–Trinajstić information content (AvgIpc) is 2.17. The maximum atomic E-state index is 5.74. The second-order valence-corrected chi connectivity index (χ2v) is 3.47. The zero-order chi connectivity index (χ0) is 9.84. The van der Waals surface area contributed by atoms with Gasteiger partial charge in [-0.05, 0) is 22.0 Å². The highest BCUT2D eigenvalue weighted by Crippen LogP contribution is 2.37. The lowest BCUT2D eigenvalue weighted by atomic mass is 10.2. The van der Waals surface area contributed by atoms with Crippen molar-refractivity contribution >= 4 is 27.5 Å². The van der Waals surface area contributed by atoms with Gasteiger partial charge in [0.05, 0.1) is 20.1 Å². The van der Waals surface area contributed by atoms with Crippen molar-refractivity contribution in [3.8, 4) is 11.5 Å². The molecular weight excluding hydrogens is 255 g/mol. The van der Waals surface area contributed by atoms with E-state index in [0.717, 1.165) is 21.5 Å². The third-order valence-electron chi connectivity index (χ3n) is 1.71. The molecule has 0 spiro atoms. The molecule has 0 saturated heterocycles. The Morgan fingerprint density at radius 2 is 2.00 bits per heavy atom. The minimum atomic E-state index is 0.422. The van der Waals surface area contributed by atoms with E-state index in [4.69, 9.17) is 21.1 Å². The quantitative estimate of drug-likeness (QED) is 0.781. The Bertz CT molecular complexity index is 302. The van der Waals surface area contributed by atoms with Crippen LogP contribution in [0.15, 0.2) is 16.6 Å². The van der Waals surface area contributed by atoms with Crippen LogP contribution in [0.4, 0.5) is 0 Å². The first-order valence-corrected chi connectivity index (χ1v) is 5.02. The number of halogens is 2. The summed E-state index contributed by atoms with van der Waals surface area (Å²) in [5.41, 5.74) is 0.942. The van der Waals surface area contributed by atoms with E-state index in [1.54, 1.807) is 14.2 Å². The molecule has 0 atom stereocenters. The molecule has 0 aliphatic carbocycles. The Morgan fingerprint density at radius 3 is 2.46 bits per heavy atom. The van der Waals surface area contributed by atoms with E-state index in [0.29, 0.717) is 5.88 Å². The van der Waals surface area contributed by atoms with Gasteiger partial charge in [0.25, 0.3) is 0 Å². The van der Waals surface area contributed by atoms with E-state index in [-0.39, 0.29) is 0 Å². The average molecular weight is 266 g/mol. The van der Waals surface area contributed by atoms with E-state index < -0.39 is 0 Å². The molecule has 4 heteroatoms. The van der Waals surface area contributed by atoms with Crippen molar-refractivity contribution in [2.75, 3.05) is 14.2 Å². The third kappa shape index (κ3) is 2.09. The fourth-order valence-corrected chi connectivity index (χ4v) is 1.98. The molecule has 0 heterocycles. The number of hydrogen-bond donors (Lipinski definition) is 0. The van der Waals surface area contributed by atoms with Crippen LogP contribution in [0.1, 0.15) is 5.56 Å². The monoisotopic (exact) mass is 264 g/mol. The van der Waals surface area contributed by atoms with Gasteiger partial charge >= 0.3 is 0 Å². The van der Waals surface area contributed by atoms with Crippen LogP contribution in [0.2, 0.25) is 0 Å². The summed E-state index contributed by atoms with van der Waals surface area (Å²) in [4.78, 5) is 0. The van der Waals surface area contributed by atoms with Gasteiger partial charge < -0.3 is 9.47 Å². The van der Waals surface area contributed by atoms with Crippen molar-refractivity contribution in [2.24, 2.45) is 0 Å². The van der Waals surface area contributed by atoms with E-state index in [1.807, 2.05) is 12.1 Å². The van der Waals surface area contributed by atoms with Crippen LogP contribution in [-0.4, -0.2) is 14.2 Å². The first-order chi connectivity index (χ1) is 6.24. The van der Waals surface area contributed by atoms with E-state index in [9.17, 15) is 0 Å². The molecule has 2 nitrogen and oxygen atoms in total. The summed E-state index contributed by atoms with van der Waals surface area (Å²) in [5.74, 6) is 1.89. The molecule has 0 amide bonds. The molecule has 0 N–H and O–H groups in total. The smallest absolute Gasteiger partial charge is 0.141 e. The first kappa shape index (κ1) is 10.7. The van der Waals surface area contributed by atoms with E-state index >= 15 is 0 Å². The molecule has 1 aromatic carbocycles. The topological polar surface area (TPSA) is 18.5 Å². The predicted octanol–water partition coefficient (Wildman–Crippen LogP) is 3.21. The van der Waals surface area contributed by atoms with Gasteiger partial charge in [-0.1, -0.05) is 6.07 Å². The highest BCUT2D eigenvalue weighted by molar-refractivity contribution is 9.10. The summed E-state index contributed by atoms with van der Waals surface area (Å²) in [6, 6.07) is 3.74. The van der Waals surface area contributed by atoms with Crippen molar-refractivity contribution in [3.63, 3.8) is 0 Å². The molecule has 0 unspecified atom stereocenters. The molecular formula is C9H10BrClO2. The van der Waals surface area contributed by atoms with Crippen molar-refractivity contribution in [1.29, 1.82) is 0 Å². The number of alkyl halides is 1. The van der Waals surface area contributed by atoms with E-state index in [2.05, 4.69) is 15.9 Å². The minimum Gasteiger partial charge on any atom is -0.495 e. The van der Waals surface area contributed by atoms with Crippen molar-refractivity contribution in [1.82, 2.24) is 0 Å². The van der Waals surface area contributed by atoms with Crippen LogP contribution in [0.3, 0.4) is 0 Å². The largest absolute Gasteiger partial charge is 0.495 e. The Hall–Kier alpha value is -0.410. The van der Waals surface area contributed by atoms with Gasteiger partial charge in [-0.15, -0.1) is 11.6 Å². The molecule has 1 rings (SSSR count). The van der Waals surface area contributed by atoms with Crippen LogP contribution >= 0.6 is 27.5 Å². The molecule has 0 aliphatic heterocycles. The van der Waals surface area contributed by atoms with Gasteiger partial charge in [0, 0.05) is 5.56 Å². The Labute approximate surface area is 90.9 Å². The lowest BCUT2D eigenvalue weighted by Gasteiger charge is -2.11. The van der Waals surface area contributed by atoms with Crippen molar-refractivity contribution < 1.29 is 9.47 Å². The SMILES string of the molecule is COc1ccc(CCl)c(OC)c1Br. The molecule has 0 radical (unpaired) electrons. The number of rotatable bonds is 3. The summed E-state index contributed by atoms with van der Waals surface area (Å²) >= 11 is 9.12. The standard InChI is InChI=1S/C9H10BrClO2/c1-12-7-4-3-6(5-11)9(13-2)8(7)10/h3-4H,5H2,1-2H3. The van der Waals surface area contributed by atoms with Crippen LogP contribution in [-0.2, 0) is 5.88 Å². The summed E-state index contributed by atoms with van der Waals surface area (Å²) < 4.78 is 11.1. The first-order valence-electron chi connectivity index (χ1n) is 3.70. The molecule has 0 aliphatic rings. The summed E-state index contributed by atoms with van der Waals surface area (Å²) in [7, 11) is 3.22. The maximum absolute atomic E-state index is 5.74. The van der Waals surface area contributed by atoms with Gasteiger partial charge in [0.1, 0.15) is 16.0 Å². The number of hydrogen-bond acceptors (Lipinski definition) is 2. The summed E-state index contributed by atoms with van der Waals surface area (Å²) in [5, 5.41) is 0. The van der Waals surface area contributed by atoms with Crippen LogP contribution in [0.5, 0.6) is 11.5 Å². The van der Waals surface area contributed by atoms with Gasteiger partial charge in [-0.3, -0.25) is 0 Å². The molecule has 0 fully saturated rings. The van der Waals surface area contributed by atoms with Gasteiger partial charge in [-0.2, -0.15) is 0 Å². The fourth-order valence-electron chi connectivity index (χ4n) is 1.06. The number of benzene rings is 1. The highest BCUT2D eigenvalue weighted by Gasteiger charge is 2.11. The molecule has 0 aromatic heterocycles. The molecule has 72 valence electrons. The lowest BCUT2D eigenvalue weighted by Crippen LogP contribution is -1.93. The summed E-state index contributed by atoms with van der Waals surface area (Å²) in [6.07, 6.45) is 0. The van der Waals surface area contributed by atoms with Gasteiger partial charge in [-0.25, -0.2) is 0 Å². The highest BCUT2D eigenvalue weighted by atomic mass is 79.9. The zero-order valence-corrected chi connectivity index (χ0v) is 9.78. The molecule has 0 saturated carbocycles. The van der Waals surface area contributed by atoms with E-state index in [1.165, 1.54) is 0 Å². The minimum absolute atomic E-state index is 0.422. The lowest BCUT2D eigenvalue weighted by molar-refractivity contribution is 0.387. The van der Waals surface area contributed by atoms with Crippen LogP contribution in [0, 0.1) is 0 Å². The Morgan fingerprint density at radius 1 is 1.31 bits per heavy atom. The van der Waals surface area contributed by atoms with Gasteiger partial charge in [0.15, 0.2) is 0 Å². The van der Waals surface area contributed by atoms with Crippen LogP contribution < -0.4 is 9.47 Å². The van der Waals surface area contributed by atoms with Crippen molar-refractivity contribution in [3.05, 3.63) is 22.2 Å². The molecule has 13 heavy (non-hydrogen) atoms. The molecule has 1 aromatic rings. The van der Waals surface area contributed by atoms with Crippen LogP contribution in [0.25, 0.3) is 0 Å². The zero-order valence-electron chi connectivity index (χ0n) is 7.43. The second kappa shape index (κ2) is 4.72. The Kier molecular flexibility index (Phi) is 3.88. The maximum Gasteiger partial charge on any atom is 0.141 e. The number of methoxy groups -OCH3 is 2. The fraction of sp³-hybridized carbons (Fsp3) is 0.333. The normalized spacial score (nSPS) is 9.85. The second-order valence-electron chi connectivity index (χ2n) is 2.41. The molecule has 0 bridgehead atoms. The predicted molar refractivity (Wildman–Crippen MR) is 56.8 cm³/mol. The Balaban J connectivity index is 3.23. The number of ether oxygens (including phenoxy) is 2. The third-order valence-corrected chi connectivity index (χ3v) is 2.75. The van der Waals surface area contributed by atoms with Gasteiger partial charge in [0.2, 0.25) is 0 Å².